The van der Waals surface area contributed by atoms with E-state index in [0.717, 1.165) is 0 Å². The van der Waals surface area contributed by atoms with Gasteiger partial charge in [0.2, 0.25) is 5.78 Å². The maximum absolute atomic E-state index is 12.2. The Balaban J connectivity index is 2.00. The molecule has 0 saturated heterocycles. The normalized spacial score (nSPS) is 11.6. The Morgan fingerprint density at radius 2 is 1.70 bits per heavy atom. The van der Waals surface area contributed by atoms with Crippen molar-refractivity contribution in [3.05, 3.63) is 64.7 Å². The molecule has 158 valence electrons. The van der Waals surface area contributed by atoms with Crippen molar-refractivity contribution in [3.8, 4) is 5.75 Å². The van der Waals surface area contributed by atoms with Crippen molar-refractivity contribution in [2.45, 2.75) is 13.5 Å². The molecule has 30 heavy (non-hydrogen) atoms. The first kappa shape index (κ1) is 22.9. The quantitative estimate of drug-likeness (QED) is 0.324. The molecule has 2 aromatic rings. The van der Waals surface area contributed by atoms with Crippen molar-refractivity contribution in [3.63, 3.8) is 0 Å². The molecule has 0 unspecified atom stereocenters. The second-order valence-corrected chi connectivity index (χ2v) is 6.32. The number of halogens is 1. The molecular formula is C21H21ClN2O6. The van der Waals surface area contributed by atoms with Crippen molar-refractivity contribution in [1.82, 2.24) is 0 Å². The molecule has 0 heterocycles. The summed E-state index contributed by atoms with van der Waals surface area (Å²) in [5.74, 6) is -0.476. The average Bonchev–Trinajstić information content (AvgIpc) is 2.76. The molecule has 0 atom stereocenters. The number of ketones is 1. The number of carbonyl (C=O) groups is 2. The third-order valence-electron chi connectivity index (χ3n) is 3.84. The van der Waals surface area contributed by atoms with Crippen LogP contribution in [-0.2, 0) is 30.6 Å². The van der Waals surface area contributed by atoms with Crippen LogP contribution >= 0.6 is 11.6 Å². The summed E-state index contributed by atoms with van der Waals surface area (Å²) in [5, 5.41) is 8.14. The smallest absolute Gasteiger partial charge is 0.360 e. The lowest BCUT2D eigenvalue weighted by molar-refractivity contribution is -0.132. The van der Waals surface area contributed by atoms with Crippen LogP contribution in [-0.4, -0.2) is 44.0 Å². The number of esters is 1. The lowest BCUT2D eigenvalue weighted by atomic mass is 10.0. The number of benzene rings is 2. The first-order valence-corrected chi connectivity index (χ1v) is 9.20. The molecule has 0 saturated carbocycles. The number of ether oxygens (including phenoxy) is 2. The zero-order chi connectivity index (χ0) is 21.9. The summed E-state index contributed by atoms with van der Waals surface area (Å²) in [4.78, 5) is 34.2. The van der Waals surface area contributed by atoms with Crippen LogP contribution in [0.3, 0.4) is 0 Å². The Hall–Kier alpha value is -3.39. The van der Waals surface area contributed by atoms with Crippen LogP contribution in [0.4, 0.5) is 0 Å². The largest absolute Gasteiger partial charge is 0.485 e. The Morgan fingerprint density at radius 3 is 2.37 bits per heavy atom. The predicted molar refractivity (Wildman–Crippen MR) is 112 cm³/mol. The molecule has 0 aliphatic rings. The van der Waals surface area contributed by atoms with E-state index < -0.39 is 5.97 Å². The third-order valence-corrected chi connectivity index (χ3v) is 4.09. The SMILES string of the molecule is CON=C(C(=O)OC)c1ccccc1CON=C(C)C(=O)COc1ccc(Cl)cc1. The van der Waals surface area contributed by atoms with Gasteiger partial charge >= 0.3 is 5.97 Å². The van der Waals surface area contributed by atoms with Gasteiger partial charge in [-0.2, -0.15) is 0 Å². The molecular weight excluding hydrogens is 412 g/mol. The average molecular weight is 433 g/mol. The van der Waals surface area contributed by atoms with Gasteiger partial charge in [0.25, 0.3) is 0 Å². The molecule has 0 fully saturated rings. The highest BCUT2D eigenvalue weighted by atomic mass is 35.5. The Kier molecular flexibility index (Phi) is 8.83. The van der Waals surface area contributed by atoms with Crippen LogP contribution in [0.1, 0.15) is 18.1 Å². The van der Waals surface area contributed by atoms with E-state index in [1.54, 1.807) is 48.5 Å². The Bertz CT molecular complexity index is 941. The highest BCUT2D eigenvalue weighted by Gasteiger charge is 2.19. The number of hydrogen-bond acceptors (Lipinski definition) is 8. The van der Waals surface area contributed by atoms with Gasteiger partial charge in [0.15, 0.2) is 12.3 Å². The second kappa shape index (κ2) is 11.6. The number of hydrogen-bond donors (Lipinski definition) is 0. The van der Waals surface area contributed by atoms with Gasteiger partial charge in [-0.05, 0) is 31.2 Å². The summed E-state index contributed by atoms with van der Waals surface area (Å²) in [6.07, 6.45) is 0. The van der Waals surface area contributed by atoms with Gasteiger partial charge in [-0.25, -0.2) is 4.79 Å². The van der Waals surface area contributed by atoms with Crippen LogP contribution in [0, 0.1) is 0 Å². The van der Waals surface area contributed by atoms with Gasteiger partial charge in [0.1, 0.15) is 25.2 Å². The number of methoxy groups -OCH3 is 1. The second-order valence-electron chi connectivity index (χ2n) is 5.89. The van der Waals surface area contributed by atoms with E-state index in [2.05, 4.69) is 10.3 Å². The standard InChI is InChI=1S/C21H21ClN2O6/c1-14(19(25)13-29-17-10-8-16(22)9-11-17)23-30-12-15-6-4-5-7-18(15)20(24-28-3)21(26)27-2/h4-11H,12-13H2,1-3H3. The monoisotopic (exact) mass is 432 g/mol. The topological polar surface area (TPSA) is 95.8 Å². The summed E-state index contributed by atoms with van der Waals surface area (Å²) in [7, 11) is 2.57. The molecule has 2 aromatic carbocycles. The fourth-order valence-corrected chi connectivity index (χ4v) is 2.42. The zero-order valence-corrected chi connectivity index (χ0v) is 17.5. The number of Topliss-reactive ketones (excluding diaryl/α,β-unsaturated/α-hetero) is 1. The van der Waals surface area contributed by atoms with Gasteiger partial charge in [-0.1, -0.05) is 46.2 Å². The highest BCUT2D eigenvalue weighted by molar-refractivity contribution is 6.43. The van der Waals surface area contributed by atoms with E-state index in [4.69, 9.17) is 30.7 Å². The molecule has 9 heteroatoms. The number of oxime groups is 2. The number of carbonyl (C=O) groups excluding carboxylic acids is 2. The Labute approximate surface area is 179 Å². The zero-order valence-electron chi connectivity index (χ0n) is 16.8. The minimum atomic E-state index is -0.654. The molecule has 0 aliphatic carbocycles. The molecule has 0 spiro atoms. The van der Waals surface area contributed by atoms with Gasteiger partial charge in [0.05, 0.1) is 7.11 Å². The van der Waals surface area contributed by atoms with E-state index in [9.17, 15) is 9.59 Å². The van der Waals surface area contributed by atoms with E-state index >= 15 is 0 Å². The van der Waals surface area contributed by atoms with E-state index in [1.807, 2.05) is 0 Å². The predicted octanol–water partition coefficient (Wildman–Crippen LogP) is 3.40. The van der Waals surface area contributed by atoms with Crippen LogP contribution < -0.4 is 4.74 Å². The molecule has 2 rings (SSSR count). The summed E-state index contributed by atoms with van der Waals surface area (Å²) in [6.45, 7) is 1.33. The number of nitrogens with zero attached hydrogens (tertiary/aromatic N) is 2. The van der Waals surface area contributed by atoms with Crippen LogP contribution in [0.2, 0.25) is 5.02 Å². The minimum Gasteiger partial charge on any atom is -0.485 e. The van der Waals surface area contributed by atoms with Gasteiger partial charge in [0, 0.05) is 16.1 Å². The fourth-order valence-electron chi connectivity index (χ4n) is 2.30. The van der Waals surface area contributed by atoms with Crippen molar-refractivity contribution in [2.75, 3.05) is 20.8 Å². The highest BCUT2D eigenvalue weighted by Crippen LogP contribution is 2.16. The summed E-state index contributed by atoms with van der Waals surface area (Å²) >= 11 is 5.81. The van der Waals surface area contributed by atoms with Crippen molar-refractivity contribution in [1.29, 1.82) is 0 Å². The van der Waals surface area contributed by atoms with Crippen LogP contribution in [0.15, 0.2) is 58.8 Å². The minimum absolute atomic E-state index is 0.00143. The molecule has 0 amide bonds. The maximum Gasteiger partial charge on any atom is 0.360 e. The molecule has 0 bridgehead atoms. The lowest BCUT2D eigenvalue weighted by Crippen LogP contribution is -2.20. The first-order chi connectivity index (χ1) is 14.5. The van der Waals surface area contributed by atoms with E-state index in [-0.39, 0.29) is 30.4 Å². The molecule has 0 aromatic heterocycles. The first-order valence-electron chi connectivity index (χ1n) is 8.82. The fraction of sp³-hybridized carbons (Fsp3) is 0.238. The van der Waals surface area contributed by atoms with E-state index in [1.165, 1.54) is 21.1 Å². The summed E-state index contributed by atoms with van der Waals surface area (Å²) < 4.78 is 10.1. The van der Waals surface area contributed by atoms with Gasteiger partial charge in [-0.3, -0.25) is 4.79 Å². The van der Waals surface area contributed by atoms with E-state index in [0.29, 0.717) is 21.9 Å². The molecule has 0 aliphatic heterocycles. The lowest BCUT2D eigenvalue weighted by Gasteiger charge is -2.10. The van der Waals surface area contributed by atoms with Gasteiger partial charge < -0.3 is 19.1 Å². The van der Waals surface area contributed by atoms with Crippen molar-refractivity contribution < 1.29 is 28.7 Å². The Morgan fingerprint density at radius 1 is 1.00 bits per heavy atom. The number of rotatable bonds is 10. The summed E-state index contributed by atoms with van der Waals surface area (Å²) in [5.41, 5.74) is 1.21. The van der Waals surface area contributed by atoms with Crippen molar-refractivity contribution in [2.24, 2.45) is 10.3 Å². The third kappa shape index (κ3) is 6.59. The van der Waals surface area contributed by atoms with Gasteiger partial charge in [-0.15, -0.1) is 0 Å². The molecule has 0 radical (unpaired) electrons. The molecule has 0 N–H and O–H groups in total. The maximum atomic E-state index is 12.2. The van der Waals surface area contributed by atoms with Crippen LogP contribution in [0.25, 0.3) is 0 Å². The summed E-state index contributed by atoms with van der Waals surface area (Å²) in [6, 6.07) is 13.6. The van der Waals surface area contributed by atoms with Crippen molar-refractivity contribution >= 4 is 34.8 Å². The molecule has 8 nitrogen and oxygen atoms in total. The van der Waals surface area contributed by atoms with Crippen LogP contribution in [0.5, 0.6) is 5.75 Å².